The summed E-state index contributed by atoms with van der Waals surface area (Å²) in [5.74, 6) is 0. The molecule has 1 aliphatic heterocycles. The van der Waals surface area contributed by atoms with Crippen molar-refractivity contribution in [1.29, 1.82) is 0 Å². The molecule has 0 bridgehead atoms. The Kier molecular flexibility index (Phi) is 0.793. The number of carbonyl (C=O) groups excluding carboxylic acids is 1. The van der Waals surface area contributed by atoms with Crippen LogP contribution in [0, 0.1) is 5.41 Å². The maximum atomic E-state index is 10.3. The lowest BCUT2D eigenvalue weighted by atomic mass is 10.1. The zero-order valence-electron chi connectivity index (χ0n) is 5.05. The van der Waals surface area contributed by atoms with Crippen molar-refractivity contribution in [2.75, 3.05) is 13.2 Å². The summed E-state index contributed by atoms with van der Waals surface area (Å²) in [5, 5.41) is 0. The molecule has 0 unspecified atom stereocenters. The van der Waals surface area contributed by atoms with Crippen molar-refractivity contribution in [1.82, 2.24) is 0 Å². The minimum absolute atomic E-state index is 0.244. The van der Waals surface area contributed by atoms with Crippen molar-refractivity contribution in [3.8, 4) is 0 Å². The largest absolute Gasteiger partial charge is 0.508 e. The Morgan fingerprint density at radius 3 is 2.22 bits per heavy atom. The molecule has 0 aromatic rings. The Bertz CT molecular complexity index is 136. The molecular weight excluding hydrogens is 120 g/mol. The van der Waals surface area contributed by atoms with Gasteiger partial charge in [-0.15, -0.1) is 0 Å². The second kappa shape index (κ2) is 1.40. The molecule has 3 heteroatoms. The highest BCUT2D eigenvalue weighted by Gasteiger charge is 2.47. The maximum Gasteiger partial charge on any atom is 0.508 e. The molecule has 0 aromatic carbocycles. The van der Waals surface area contributed by atoms with Crippen LogP contribution in [-0.2, 0) is 9.47 Å². The number of ether oxygens (including phenoxy) is 2. The fourth-order valence-corrected chi connectivity index (χ4v) is 0.973. The summed E-state index contributed by atoms with van der Waals surface area (Å²) in [6.07, 6.45) is 1.80. The number of rotatable bonds is 0. The molecule has 0 atom stereocenters. The summed E-state index contributed by atoms with van der Waals surface area (Å²) in [6, 6.07) is 0. The molecule has 1 heterocycles. The van der Waals surface area contributed by atoms with Crippen LogP contribution in [0.25, 0.3) is 0 Å². The third-order valence-electron chi connectivity index (χ3n) is 1.95. The van der Waals surface area contributed by atoms with Gasteiger partial charge in [0.25, 0.3) is 0 Å². The van der Waals surface area contributed by atoms with Crippen LogP contribution in [0.2, 0.25) is 0 Å². The first-order valence-corrected chi connectivity index (χ1v) is 3.10. The van der Waals surface area contributed by atoms with Crippen LogP contribution in [-0.4, -0.2) is 19.4 Å². The molecule has 3 nitrogen and oxygen atoms in total. The lowest BCUT2D eigenvalue weighted by Crippen LogP contribution is -2.28. The SMILES string of the molecule is O=C1OCC2(CC2)CO1. The van der Waals surface area contributed by atoms with E-state index in [2.05, 4.69) is 0 Å². The summed E-state index contributed by atoms with van der Waals surface area (Å²) < 4.78 is 9.39. The molecule has 2 aliphatic rings. The van der Waals surface area contributed by atoms with Gasteiger partial charge in [-0.2, -0.15) is 0 Å². The van der Waals surface area contributed by atoms with Crippen LogP contribution in [0.1, 0.15) is 12.8 Å². The minimum atomic E-state index is -0.507. The first-order chi connectivity index (χ1) is 4.31. The Balaban J connectivity index is 1.98. The first-order valence-electron chi connectivity index (χ1n) is 3.10. The van der Waals surface area contributed by atoms with Gasteiger partial charge in [-0.3, -0.25) is 0 Å². The van der Waals surface area contributed by atoms with Crippen LogP contribution in [0.15, 0.2) is 0 Å². The van der Waals surface area contributed by atoms with Crippen LogP contribution < -0.4 is 0 Å². The van der Waals surface area contributed by atoms with Gasteiger partial charge in [0.15, 0.2) is 0 Å². The van der Waals surface area contributed by atoms with Gasteiger partial charge in [0, 0.05) is 5.41 Å². The second-order valence-corrected chi connectivity index (χ2v) is 2.83. The molecule has 0 aromatic heterocycles. The number of hydrogen-bond donors (Lipinski definition) is 0. The molecule has 50 valence electrons. The monoisotopic (exact) mass is 128 g/mol. The van der Waals surface area contributed by atoms with Gasteiger partial charge < -0.3 is 9.47 Å². The second-order valence-electron chi connectivity index (χ2n) is 2.83. The highest BCUT2D eigenvalue weighted by molar-refractivity contribution is 5.60. The number of hydrogen-bond acceptors (Lipinski definition) is 3. The smallest absolute Gasteiger partial charge is 0.434 e. The number of cyclic esters (lactones) is 2. The molecule has 0 amide bonds. The van der Waals surface area contributed by atoms with E-state index in [1.807, 2.05) is 0 Å². The van der Waals surface area contributed by atoms with Crippen molar-refractivity contribution in [2.24, 2.45) is 5.41 Å². The van der Waals surface area contributed by atoms with Crippen LogP contribution in [0.4, 0.5) is 4.79 Å². The zero-order valence-corrected chi connectivity index (χ0v) is 5.05. The normalized spacial score (nSPS) is 29.1. The van der Waals surface area contributed by atoms with E-state index in [1.165, 1.54) is 0 Å². The Labute approximate surface area is 52.9 Å². The van der Waals surface area contributed by atoms with Crippen LogP contribution in [0.5, 0.6) is 0 Å². The highest BCUT2D eigenvalue weighted by atomic mass is 16.7. The van der Waals surface area contributed by atoms with E-state index in [4.69, 9.17) is 9.47 Å². The molecule has 2 rings (SSSR count). The van der Waals surface area contributed by atoms with Gasteiger partial charge >= 0.3 is 6.16 Å². The fraction of sp³-hybridized carbons (Fsp3) is 0.833. The predicted octanol–water partition coefficient (Wildman–Crippen LogP) is 0.933. The Morgan fingerprint density at radius 2 is 1.78 bits per heavy atom. The molecule has 1 saturated carbocycles. The van der Waals surface area contributed by atoms with Crippen LogP contribution >= 0.6 is 0 Å². The third kappa shape index (κ3) is 0.763. The van der Waals surface area contributed by atoms with Crippen molar-refractivity contribution >= 4 is 6.16 Å². The molecule has 1 spiro atoms. The highest BCUT2D eigenvalue weighted by Crippen LogP contribution is 2.47. The topological polar surface area (TPSA) is 35.5 Å². The standard InChI is InChI=1S/C6H8O3/c7-5-8-3-6(1-2-6)4-9-5/h1-4H2. The van der Waals surface area contributed by atoms with E-state index >= 15 is 0 Å². The van der Waals surface area contributed by atoms with Crippen molar-refractivity contribution in [2.45, 2.75) is 12.8 Å². The summed E-state index contributed by atoms with van der Waals surface area (Å²) in [4.78, 5) is 10.3. The first kappa shape index (κ1) is 5.09. The van der Waals surface area contributed by atoms with Gasteiger partial charge in [-0.1, -0.05) is 0 Å². The van der Waals surface area contributed by atoms with E-state index in [0.717, 1.165) is 12.8 Å². The summed E-state index contributed by atoms with van der Waals surface area (Å²) >= 11 is 0. The number of carbonyl (C=O) groups is 1. The Morgan fingerprint density at radius 1 is 1.22 bits per heavy atom. The molecular formula is C6H8O3. The van der Waals surface area contributed by atoms with Crippen molar-refractivity contribution in [3.63, 3.8) is 0 Å². The van der Waals surface area contributed by atoms with Gasteiger partial charge in [0.1, 0.15) is 13.2 Å². The minimum Gasteiger partial charge on any atom is -0.434 e. The lowest BCUT2D eigenvalue weighted by molar-refractivity contribution is -0.0210. The van der Waals surface area contributed by atoms with Crippen molar-refractivity contribution < 1.29 is 14.3 Å². The van der Waals surface area contributed by atoms with E-state index in [0.29, 0.717) is 13.2 Å². The summed E-state index contributed by atoms with van der Waals surface area (Å²) in [6.45, 7) is 1.15. The molecule has 0 N–H and O–H groups in total. The summed E-state index contributed by atoms with van der Waals surface area (Å²) in [5.41, 5.74) is 0.244. The zero-order chi connectivity index (χ0) is 6.32. The quantitative estimate of drug-likeness (QED) is 0.455. The Hall–Kier alpha value is -0.730. The van der Waals surface area contributed by atoms with Gasteiger partial charge in [0.2, 0.25) is 0 Å². The summed E-state index contributed by atoms with van der Waals surface area (Å²) in [7, 11) is 0. The van der Waals surface area contributed by atoms with E-state index in [1.54, 1.807) is 0 Å². The lowest BCUT2D eigenvalue weighted by Gasteiger charge is -2.20. The average molecular weight is 128 g/mol. The van der Waals surface area contributed by atoms with Gasteiger partial charge in [0.05, 0.1) is 0 Å². The van der Waals surface area contributed by atoms with E-state index in [-0.39, 0.29) is 5.41 Å². The van der Waals surface area contributed by atoms with Gasteiger partial charge in [-0.05, 0) is 12.8 Å². The molecule has 0 radical (unpaired) electrons. The maximum absolute atomic E-state index is 10.3. The fourth-order valence-electron chi connectivity index (χ4n) is 0.973. The van der Waals surface area contributed by atoms with Crippen molar-refractivity contribution in [3.05, 3.63) is 0 Å². The third-order valence-corrected chi connectivity index (χ3v) is 1.95. The molecule has 1 saturated heterocycles. The average Bonchev–Trinajstić information content (AvgIpc) is 2.60. The molecule has 1 aliphatic carbocycles. The predicted molar refractivity (Wildman–Crippen MR) is 29.0 cm³/mol. The van der Waals surface area contributed by atoms with Crippen LogP contribution in [0.3, 0.4) is 0 Å². The molecule has 9 heavy (non-hydrogen) atoms. The van der Waals surface area contributed by atoms with Gasteiger partial charge in [-0.25, -0.2) is 4.79 Å². The molecule has 2 fully saturated rings. The van der Waals surface area contributed by atoms with E-state index < -0.39 is 6.16 Å². The van der Waals surface area contributed by atoms with E-state index in [9.17, 15) is 4.79 Å².